The van der Waals surface area contributed by atoms with E-state index in [9.17, 15) is 9.18 Å². The molecular weight excluding hydrogens is 321 g/mol. The van der Waals surface area contributed by atoms with Gasteiger partial charge in [-0.25, -0.2) is 14.2 Å². The number of hydrogen-bond acceptors (Lipinski definition) is 4. The standard InChI is InChI=1S/C12H9BrFNO2S/c1-2-17-12(16)10-6-18-11(15-10)7-3-8(13)5-9(14)4-7/h3-6H,2H2,1H3. The molecule has 0 atom stereocenters. The Kier molecular flexibility index (Phi) is 4.08. The molecule has 0 radical (unpaired) electrons. The van der Waals surface area contributed by atoms with Crippen molar-refractivity contribution in [3.8, 4) is 10.6 Å². The molecule has 1 aromatic heterocycles. The highest BCUT2D eigenvalue weighted by Crippen LogP contribution is 2.27. The Bertz CT molecular complexity index is 565. The zero-order valence-electron chi connectivity index (χ0n) is 9.44. The van der Waals surface area contributed by atoms with Crippen molar-refractivity contribution < 1.29 is 13.9 Å². The number of carbonyl (C=O) groups excluding carboxylic acids is 1. The van der Waals surface area contributed by atoms with Gasteiger partial charge >= 0.3 is 5.97 Å². The van der Waals surface area contributed by atoms with Crippen molar-refractivity contribution in [2.45, 2.75) is 6.92 Å². The Morgan fingerprint density at radius 1 is 1.50 bits per heavy atom. The number of thiazole rings is 1. The minimum atomic E-state index is -0.463. The lowest BCUT2D eigenvalue weighted by Gasteiger charge is -1.99. The Morgan fingerprint density at radius 2 is 2.28 bits per heavy atom. The van der Waals surface area contributed by atoms with Crippen molar-refractivity contribution in [1.29, 1.82) is 0 Å². The van der Waals surface area contributed by atoms with E-state index in [4.69, 9.17) is 4.74 Å². The lowest BCUT2D eigenvalue weighted by Crippen LogP contribution is -2.04. The number of esters is 1. The summed E-state index contributed by atoms with van der Waals surface area (Å²) in [5, 5.41) is 2.19. The smallest absolute Gasteiger partial charge is 0.357 e. The van der Waals surface area contributed by atoms with Crippen LogP contribution in [0.5, 0.6) is 0 Å². The van der Waals surface area contributed by atoms with Crippen LogP contribution in [0.25, 0.3) is 10.6 Å². The van der Waals surface area contributed by atoms with Gasteiger partial charge in [0.25, 0.3) is 0 Å². The van der Waals surface area contributed by atoms with Gasteiger partial charge in [-0.15, -0.1) is 11.3 Å². The maximum atomic E-state index is 13.3. The van der Waals surface area contributed by atoms with E-state index >= 15 is 0 Å². The summed E-state index contributed by atoms with van der Waals surface area (Å²) in [4.78, 5) is 15.6. The van der Waals surface area contributed by atoms with Crippen LogP contribution in [0.3, 0.4) is 0 Å². The minimum Gasteiger partial charge on any atom is -0.461 e. The number of nitrogens with zero attached hydrogens (tertiary/aromatic N) is 1. The third-order valence-electron chi connectivity index (χ3n) is 2.10. The van der Waals surface area contributed by atoms with E-state index in [0.29, 0.717) is 21.7 Å². The second kappa shape index (κ2) is 5.58. The molecule has 94 valence electrons. The van der Waals surface area contributed by atoms with Gasteiger partial charge in [-0.2, -0.15) is 0 Å². The zero-order chi connectivity index (χ0) is 13.1. The van der Waals surface area contributed by atoms with Crippen molar-refractivity contribution in [3.63, 3.8) is 0 Å². The first-order valence-corrected chi connectivity index (χ1v) is 6.86. The van der Waals surface area contributed by atoms with Crippen LogP contribution in [0.4, 0.5) is 4.39 Å². The van der Waals surface area contributed by atoms with E-state index in [1.165, 1.54) is 23.5 Å². The molecular formula is C12H9BrFNO2S. The van der Waals surface area contributed by atoms with Gasteiger partial charge in [-0.1, -0.05) is 15.9 Å². The fourth-order valence-electron chi connectivity index (χ4n) is 1.38. The highest BCUT2D eigenvalue weighted by atomic mass is 79.9. The molecule has 6 heteroatoms. The van der Waals surface area contributed by atoms with Gasteiger partial charge in [0, 0.05) is 15.4 Å². The predicted octanol–water partition coefficient (Wildman–Crippen LogP) is 3.89. The number of aromatic nitrogens is 1. The summed E-state index contributed by atoms with van der Waals surface area (Å²) in [5.41, 5.74) is 0.875. The molecule has 0 fully saturated rings. The van der Waals surface area contributed by atoms with Crippen LogP contribution in [-0.2, 0) is 4.74 Å². The van der Waals surface area contributed by atoms with Gasteiger partial charge in [-0.05, 0) is 25.1 Å². The first-order valence-electron chi connectivity index (χ1n) is 5.19. The van der Waals surface area contributed by atoms with Crippen LogP contribution in [0, 0.1) is 5.82 Å². The molecule has 2 rings (SSSR count). The second-order valence-electron chi connectivity index (χ2n) is 3.42. The lowest BCUT2D eigenvalue weighted by molar-refractivity contribution is 0.0520. The van der Waals surface area contributed by atoms with E-state index in [1.54, 1.807) is 18.4 Å². The Balaban J connectivity index is 2.32. The maximum absolute atomic E-state index is 13.3. The van der Waals surface area contributed by atoms with Gasteiger partial charge in [0.15, 0.2) is 5.69 Å². The van der Waals surface area contributed by atoms with Crippen LogP contribution in [0.15, 0.2) is 28.1 Å². The number of rotatable bonds is 3. The van der Waals surface area contributed by atoms with Crippen LogP contribution in [0.1, 0.15) is 17.4 Å². The number of carbonyl (C=O) groups is 1. The molecule has 3 nitrogen and oxygen atoms in total. The average molecular weight is 330 g/mol. The molecule has 18 heavy (non-hydrogen) atoms. The molecule has 1 heterocycles. The number of halogens is 2. The van der Waals surface area contributed by atoms with E-state index < -0.39 is 5.97 Å². The summed E-state index contributed by atoms with van der Waals surface area (Å²) in [6, 6.07) is 4.48. The first-order chi connectivity index (χ1) is 8.60. The van der Waals surface area contributed by atoms with Gasteiger partial charge in [0.1, 0.15) is 10.8 Å². The molecule has 0 aliphatic carbocycles. The Morgan fingerprint density at radius 3 is 2.94 bits per heavy atom. The molecule has 0 unspecified atom stereocenters. The summed E-state index contributed by atoms with van der Waals surface area (Å²) in [7, 11) is 0. The first kappa shape index (κ1) is 13.2. The van der Waals surface area contributed by atoms with Crippen LogP contribution in [-0.4, -0.2) is 17.6 Å². The number of benzene rings is 1. The molecule has 0 aliphatic heterocycles. The van der Waals surface area contributed by atoms with Crippen molar-refractivity contribution in [2.75, 3.05) is 6.61 Å². The van der Waals surface area contributed by atoms with Crippen molar-refractivity contribution in [2.24, 2.45) is 0 Å². The maximum Gasteiger partial charge on any atom is 0.357 e. The Hall–Kier alpha value is -1.27. The van der Waals surface area contributed by atoms with Crippen LogP contribution >= 0.6 is 27.3 Å². The van der Waals surface area contributed by atoms with Gasteiger partial charge < -0.3 is 4.74 Å². The Labute approximate surface area is 116 Å². The number of ether oxygens (including phenoxy) is 1. The molecule has 2 aromatic rings. The molecule has 0 aliphatic rings. The molecule has 0 saturated carbocycles. The molecule has 1 aromatic carbocycles. The zero-order valence-corrected chi connectivity index (χ0v) is 11.8. The van der Waals surface area contributed by atoms with E-state index in [2.05, 4.69) is 20.9 Å². The van der Waals surface area contributed by atoms with Gasteiger partial charge in [-0.3, -0.25) is 0 Å². The molecule has 0 saturated heterocycles. The van der Waals surface area contributed by atoms with Crippen molar-refractivity contribution >= 4 is 33.2 Å². The van der Waals surface area contributed by atoms with Gasteiger partial charge in [0.05, 0.1) is 6.61 Å². The van der Waals surface area contributed by atoms with Crippen LogP contribution in [0.2, 0.25) is 0 Å². The molecule has 0 N–H and O–H groups in total. The number of hydrogen-bond donors (Lipinski definition) is 0. The summed E-state index contributed by atoms with van der Waals surface area (Å²) >= 11 is 4.49. The molecule has 0 amide bonds. The van der Waals surface area contributed by atoms with E-state index in [-0.39, 0.29) is 11.5 Å². The topological polar surface area (TPSA) is 39.2 Å². The van der Waals surface area contributed by atoms with Gasteiger partial charge in [0.2, 0.25) is 0 Å². The minimum absolute atomic E-state index is 0.247. The van der Waals surface area contributed by atoms with E-state index in [0.717, 1.165) is 0 Å². The third-order valence-corrected chi connectivity index (χ3v) is 3.45. The highest BCUT2D eigenvalue weighted by Gasteiger charge is 2.13. The second-order valence-corrected chi connectivity index (χ2v) is 5.19. The molecule has 0 spiro atoms. The monoisotopic (exact) mass is 329 g/mol. The normalized spacial score (nSPS) is 10.4. The van der Waals surface area contributed by atoms with E-state index in [1.807, 2.05) is 0 Å². The lowest BCUT2D eigenvalue weighted by atomic mass is 10.2. The van der Waals surface area contributed by atoms with Crippen molar-refractivity contribution in [1.82, 2.24) is 4.98 Å². The fraction of sp³-hybridized carbons (Fsp3) is 0.167. The third kappa shape index (κ3) is 2.94. The van der Waals surface area contributed by atoms with Crippen molar-refractivity contribution in [3.05, 3.63) is 39.6 Å². The summed E-state index contributed by atoms with van der Waals surface area (Å²) in [6.45, 7) is 2.03. The summed E-state index contributed by atoms with van der Waals surface area (Å²) in [5.74, 6) is -0.817. The van der Waals surface area contributed by atoms with Crippen LogP contribution < -0.4 is 0 Å². The quantitative estimate of drug-likeness (QED) is 0.802. The predicted molar refractivity (Wildman–Crippen MR) is 71.2 cm³/mol. The largest absolute Gasteiger partial charge is 0.461 e. The summed E-state index contributed by atoms with van der Waals surface area (Å²) in [6.07, 6.45) is 0. The molecule has 0 bridgehead atoms. The summed E-state index contributed by atoms with van der Waals surface area (Å²) < 4.78 is 18.7. The fourth-order valence-corrected chi connectivity index (χ4v) is 2.62. The highest BCUT2D eigenvalue weighted by molar-refractivity contribution is 9.10. The SMILES string of the molecule is CCOC(=O)c1csc(-c2cc(F)cc(Br)c2)n1. The average Bonchev–Trinajstić information content (AvgIpc) is 2.77.